The van der Waals surface area contributed by atoms with E-state index in [-0.39, 0.29) is 22.6 Å². The summed E-state index contributed by atoms with van der Waals surface area (Å²) in [5.41, 5.74) is 7.50. The highest BCUT2D eigenvalue weighted by atomic mass is 31.1. The van der Waals surface area contributed by atoms with E-state index in [0.717, 1.165) is 44.0 Å². The van der Waals surface area contributed by atoms with Crippen LogP contribution in [0.25, 0.3) is 11.1 Å². The number of carbonyl (C=O) groups is 4. The molecule has 0 N–H and O–H groups in total. The van der Waals surface area contributed by atoms with Crippen LogP contribution in [0, 0.1) is 0 Å². The Morgan fingerprint density at radius 3 is 0.848 bits per heavy atom. The van der Waals surface area contributed by atoms with Crippen molar-refractivity contribution in [2.45, 2.75) is 50.3 Å². The molecule has 10 heteroatoms. The molecule has 2 unspecified atom stereocenters. The Balaban J connectivity index is 1.28. The highest BCUT2D eigenvalue weighted by Gasteiger charge is 2.56. The molecule has 0 spiro atoms. The summed E-state index contributed by atoms with van der Waals surface area (Å²) in [5.74, 6) is -1.91. The first-order chi connectivity index (χ1) is 22.0. The SMILES string of the molecule is COC(=O)C1=C(C(=O)OC)[C@@H]2C(C)=C(C)[C@H]1P2c1ccc(-c2ccc(P3[C@@H]4C(C)=C(C)[C@H]3C(C(=O)OC)=C4C(=O)OC)cc2)cc1. The van der Waals surface area contributed by atoms with E-state index in [0.29, 0.717) is 22.3 Å². The fourth-order valence-electron chi connectivity index (χ4n) is 7.58. The number of esters is 4. The summed E-state index contributed by atoms with van der Waals surface area (Å²) in [4.78, 5) is 51.6. The van der Waals surface area contributed by atoms with Gasteiger partial charge in [-0.2, -0.15) is 0 Å². The number of carbonyl (C=O) groups excluding carboxylic acids is 4. The number of hydrogen-bond donors (Lipinski definition) is 0. The van der Waals surface area contributed by atoms with Crippen molar-refractivity contribution < 1.29 is 38.1 Å². The monoisotopic (exact) mass is 658 g/mol. The molecule has 4 heterocycles. The van der Waals surface area contributed by atoms with Crippen LogP contribution >= 0.6 is 15.8 Å². The molecule has 0 amide bonds. The number of hydrogen-bond acceptors (Lipinski definition) is 8. The summed E-state index contributed by atoms with van der Waals surface area (Å²) in [7, 11) is 3.48. The number of allylic oxidation sites excluding steroid dienone is 4. The zero-order valence-corrected chi connectivity index (χ0v) is 28.9. The first-order valence-electron chi connectivity index (χ1n) is 14.9. The van der Waals surface area contributed by atoms with Crippen LogP contribution in [-0.2, 0) is 38.1 Å². The van der Waals surface area contributed by atoms with Gasteiger partial charge in [-0.25, -0.2) is 19.2 Å². The molecule has 2 aromatic rings. The molecule has 46 heavy (non-hydrogen) atoms. The maximum absolute atomic E-state index is 12.9. The minimum absolute atomic E-state index is 0.185. The van der Waals surface area contributed by atoms with Gasteiger partial charge >= 0.3 is 23.9 Å². The number of methoxy groups -OCH3 is 4. The second-order valence-electron chi connectivity index (χ2n) is 11.9. The van der Waals surface area contributed by atoms with Crippen LogP contribution in [0.3, 0.4) is 0 Å². The molecule has 0 aliphatic carbocycles. The Morgan fingerprint density at radius 1 is 0.435 bits per heavy atom. The summed E-state index contributed by atoms with van der Waals surface area (Å²) in [6.07, 6.45) is 0. The van der Waals surface area contributed by atoms with Crippen molar-refractivity contribution in [3.8, 4) is 11.1 Å². The van der Waals surface area contributed by atoms with Crippen LogP contribution in [-0.4, -0.2) is 75.0 Å². The highest BCUT2D eigenvalue weighted by molar-refractivity contribution is 7.69. The number of benzene rings is 2. The van der Waals surface area contributed by atoms with Crippen molar-refractivity contribution in [2.24, 2.45) is 0 Å². The molecule has 4 aliphatic rings. The Hall–Kier alpha value is -3.86. The highest BCUT2D eigenvalue weighted by Crippen LogP contribution is 2.68. The lowest BCUT2D eigenvalue weighted by Gasteiger charge is -2.22. The van der Waals surface area contributed by atoms with E-state index in [9.17, 15) is 19.2 Å². The number of rotatable bonds is 7. The molecule has 6 rings (SSSR count). The van der Waals surface area contributed by atoms with Gasteiger partial charge in [0.25, 0.3) is 0 Å². The van der Waals surface area contributed by atoms with Crippen LogP contribution in [0.15, 0.2) is 93.1 Å². The largest absolute Gasteiger partial charge is 0.466 e. The molecule has 4 bridgehead atoms. The van der Waals surface area contributed by atoms with E-state index in [1.54, 1.807) is 0 Å². The summed E-state index contributed by atoms with van der Waals surface area (Å²) < 4.78 is 20.4. The third-order valence-electron chi connectivity index (χ3n) is 9.96. The maximum atomic E-state index is 12.9. The van der Waals surface area contributed by atoms with E-state index < -0.39 is 39.7 Å². The van der Waals surface area contributed by atoms with Crippen molar-refractivity contribution in [3.05, 3.63) is 93.1 Å². The van der Waals surface area contributed by atoms with Gasteiger partial charge in [-0.15, -0.1) is 0 Å². The van der Waals surface area contributed by atoms with Gasteiger partial charge in [0.15, 0.2) is 0 Å². The lowest BCUT2D eigenvalue weighted by atomic mass is 9.87. The molecule has 0 saturated carbocycles. The Kier molecular flexibility index (Phi) is 8.41. The minimum atomic E-state index is -0.944. The predicted molar refractivity (Wildman–Crippen MR) is 179 cm³/mol. The molecule has 0 radical (unpaired) electrons. The summed E-state index contributed by atoms with van der Waals surface area (Å²) in [5, 5.41) is 2.20. The van der Waals surface area contributed by atoms with Gasteiger partial charge in [-0.3, -0.25) is 0 Å². The van der Waals surface area contributed by atoms with Crippen LogP contribution in [0.2, 0.25) is 0 Å². The van der Waals surface area contributed by atoms with Crippen LogP contribution in [0.5, 0.6) is 0 Å². The van der Waals surface area contributed by atoms with E-state index in [1.165, 1.54) is 28.4 Å². The van der Waals surface area contributed by atoms with Gasteiger partial charge < -0.3 is 18.9 Å². The molecule has 8 nitrogen and oxygen atoms in total. The average Bonchev–Trinajstić information content (AvgIpc) is 3.77. The van der Waals surface area contributed by atoms with Gasteiger partial charge in [-0.1, -0.05) is 86.7 Å². The quantitative estimate of drug-likeness (QED) is 0.176. The molecular formula is C36H36O8P2. The summed E-state index contributed by atoms with van der Waals surface area (Å²) >= 11 is 0. The summed E-state index contributed by atoms with van der Waals surface area (Å²) in [6.45, 7) is 8.15. The van der Waals surface area contributed by atoms with Crippen molar-refractivity contribution >= 4 is 50.3 Å². The zero-order valence-electron chi connectivity index (χ0n) is 27.1. The van der Waals surface area contributed by atoms with Crippen molar-refractivity contribution in [2.75, 3.05) is 28.4 Å². The van der Waals surface area contributed by atoms with Crippen molar-refractivity contribution in [3.63, 3.8) is 0 Å². The Labute approximate surface area is 271 Å². The second-order valence-corrected chi connectivity index (χ2v) is 16.6. The predicted octanol–water partition coefficient (Wildman–Crippen LogP) is 5.05. The topological polar surface area (TPSA) is 105 Å². The molecule has 0 aromatic heterocycles. The van der Waals surface area contributed by atoms with Gasteiger partial charge in [0, 0.05) is 22.6 Å². The zero-order chi connectivity index (χ0) is 33.2. The standard InChI is InChI=1S/C36H36O8P2/c1-17-18(2)30-26(34(38)42-6)25(33(37)41-5)29(17)45(30)23-13-9-21(10-14-23)22-11-15-24(16-12-22)46-31-19(3)20(4)32(46)28(36(40)44-8)27(31)35(39)43-7/h9-16,29-32H,1-8H3/t29-,30+,31-,32+,45?,46?. The minimum Gasteiger partial charge on any atom is -0.466 e. The van der Waals surface area contributed by atoms with Gasteiger partial charge in [0.05, 0.1) is 50.7 Å². The van der Waals surface area contributed by atoms with Gasteiger partial charge in [0.1, 0.15) is 0 Å². The Bertz CT molecular complexity index is 1590. The molecule has 0 fully saturated rings. The number of ether oxygens (including phenoxy) is 4. The van der Waals surface area contributed by atoms with Crippen LogP contribution in [0.4, 0.5) is 0 Å². The lowest BCUT2D eigenvalue weighted by Crippen LogP contribution is -2.24. The third kappa shape index (κ3) is 4.56. The van der Waals surface area contributed by atoms with Crippen molar-refractivity contribution in [1.82, 2.24) is 0 Å². The van der Waals surface area contributed by atoms with Crippen LogP contribution in [0.1, 0.15) is 27.7 Å². The smallest absolute Gasteiger partial charge is 0.335 e. The normalized spacial score (nSPS) is 26.3. The molecule has 6 atom stereocenters. The molecule has 238 valence electrons. The third-order valence-corrected chi connectivity index (χ3v) is 16.6. The fraction of sp³-hybridized carbons (Fsp3) is 0.333. The van der Waals surface area contributed by atoms with E-state index in [1.807, 2.05) is 27.7 Å². The first-order valence-corrected chi connectivity index (χ1v) is 17.9. The maximum Gasteiger partial charge on any atom is 0.335 e. The molecule has 2 aromatic carbocycles. The van der Waals surface area contributed by atoms with Crippen LogP contribution < -0.4 is 10.6 Å². The van der Waals surface area contributed by atoms with E-state index >= 15 is 0 Å². The second kappa shape index (κ2) is 12.1. The van der Waals surface area contributed by atoms with E-state index in [4.69, 9.17) is 18.9 Å². The van der Waals surface area contributed by atoms with Crippen molar-refractivity contribution in [1.29, 1.82) is 0 Å². The van der Waals surface area contributed by atoms with Gasteiger partial charge in [0.2, 0.25) is 0 Å². The van der Waals surface area contributed by atoms with E-state index in [2.05, 4.69) is 48.5 Å². The Morgan fingerprint density at radius 2 is 0.652 bits per heavy atom. The average molecular weight is 659 g/mol. The first kappa shape index (κ1) is 32.1. The fourth-order valence-corrected chi connectivity index (χ4v) is 14.9. The molecule has 4 aliphatic heterocycles. The van der Waals surface area contributed by atoms with Gasteiger partial charge in [-0.05, 0) is 49.4 Å². The lowest BCUT2D eigenvalue weighted by molar-refractivity contribution is -0.139. The molecular weight excluding hydrogens is 622 g/mol. The molecule has 0 saturated heterocycles. The number of fused-ring (bicyclic) bond motifs is 4. The summed E-state index contributed by atoms with van der Waals surface area (Å²) in [6, 6.07) is 16.7.